The maximum absolute atomic E-state index is 5.05. The maximum atomic E-state index is 5.05. The lowest BCUT2D eigenvalue weighted by Crippen LogP contribution is -2.01. The fourth-order valence-electron chi connectivity index (χ4n) is 0.726. The zero-order chi connectivity index (χ0) is 5.11. The Morgan fingerprint density at radius 2 is 2.57 bits per heavy atom. The summed E-state index contributed by atoms with van der Waals surface area (Å²) in [4.78, 5) is 0. The van der Waals surface area contributed by atoms with Crippen LogP contribution >= 0.6 is 0 Å². The molecule has 7 heavy (non-hydrogen) atoms. The maximum Gasteiger partial charge on any atom is 0.0452 e. The highest BCUT2D eigenvalue weighted by molar-refractivity contribution is 4.88. The van der Waals surface area contributed by atoms with Gasteiger partial charge in [-0.2, -0.15) is 7.05 Å². The third kappa shape index (κ3) is 1.14. The van der Waals surface area contributed by atoms with Crippen LogP contribution in [0.25, 0.3) is 5.32 Å². The normalized spacial score (nSPS) is 31.3. The Bertz CT molecular complexity index is 50.0. The van der Waals surface area contributed by atoms with E-state index in [0.29, 0.717) is 6.04 Å². The van der Waals surface area contributed by atoms with E-state index in [9.17, 15) is 0 Å². The molecule has 0 radical (unpaired) electrons. The fourth-order valence-corrected chi connectivity index (χ4v) is 0.726. The molecule has 0 spiro atoms. The number of hydrogen-bond acceptors (Lipinski definition) is 1. The van der Waals surface area contributed by atoms with Gasteiger partial charge in [-0.05, 0) is 6.42 Å². The van der Waals surface area contributed by atoms with Gasteiger partial charge in [0, 0.05) is 13.2 Å². The van der Waals surface area contributed by atoms with Crippen LogP contribution in [0.2, 0.25) is 0 Å². The second-order valence-corrected chi connectivity index (χ2v) is 1.78. The number of ether oxygens (including phenoxy) is 1. The average Bonchev–Trinajstić information content (AvgIpc) is 2.14. The first kappa shape index (κ1) is 5.06. The molecule has 1 fully saturated rings. The zero-order valence-corrected chi connectivity index (χ0v) is 4.55. The van der Waals surface area contributed by atoms with Gasteiger partial charge in [0.2, 0.25) is 0 Å². The van der Waals surface area contributed by atoms with Gasteiger partial charge in [-0.25, -0.2) is 0 Å². The van der Waals surface area contributed by atoms with Crippen LogP contribution in [-0.4, -0.2) is 26.3 Å². The van der Waals surface area contributed by atoms with E-state index < -0.39 is 0 Å². The highest BCUT2D eigenvalue weighted by Gasteiger charge is 2.03. The summed E-state index contributed by atoms with van der Waals surface area (Å²) in [6.45, 7) is 1.75. The molecular formula is C5H10NO-. The standard InChI is InChI=1S/C5H10NO/c1-6-5-2-3-7-4-5/h5H,2-4H2,1H3/q-1. The van der Waals surface area contributed by atoms with Crippen molar-refractivity contribution in [1.29, 1.82) is 0 Å². The van der Waals surface area contributed by atoms with Crippen LogP contribution < -0.4 is 0 Å². The van der Waals surface area contributed by atoms with Gasteiger partial charge in [0.25, 0.3) is 0 Å². The van der Waals surface area contributed by atoms with Gasteiger partial charge in [0.1, 0.15) is 0 Å². The Hall–Kier alpha value is -0.0800. The van der Waals surface area contributed by atoms with E-state index in [0.717, 1.165) is 19.6 Å². The van der Waals surface area contributed by atoms with Crippen molar-refractivity contribution in [2.45, 2.75) is 12.5 Å². The molecular weight excluding hydrogens is 90.1 g/mol. The molecule has 1 aliphatic rings. The van der Waals surface area contributed by atoms with E-state index in [-0.39, 0.29) is 0 Å². The van der Waals surface area contributed by atoms with Crippen LogP contribution in [-0.2, 0) is 4.74 Å². The Morgan fingerprint density at radius 3 is 2.86 bits per heavy atom. The molecule has 1 aliphatic heterocycles. The van der Waals surface area contributed by atoms with E-state index in [2.05, 4.69) is 5.32 Å². The molecule has 1 unspecified atom stereocenters. The Balaban J connectivity index is 2.14. The van der Waals surface area contributed by atoms with Crippen molar-refractivity contribution in [3.05, 3.63) is 5.32 Å². The summed E-state index contributed by atoms with van der Waals surface area (Å²) in [7, 11) is 1.85. The number of hydrogen-bond donors (Lipinski definition) is 0. The Morgan fingerprint density at radius 1 is 1.71 bits per heavy atom. The van der Waals surface area contributed by atoms with Crippen molar-refractivity contribution in [2.24, 2.45) is 0 Å². The van der Waals surface area contributed by atoms with Crippen molar-refractivity contribution in [1.82, 2.24) is 0 Å². The van der Waals surface area contributed by atoms with Crippen LogP contribution in [0.4, 0.5) is 0 Å². The van der Waals surface area contributed by atoms with Crippen LogP contribution in [0, 0.1) is 0 Å². The van der Waals surface area contributed by atoms with Gasteiger partial charge in [0.15, 0.2) is 0 Å². The molecule has 0 bridgehead atoms. The fraction of sp³-hybridized carbons (Fsp3) is 1.00. The summed E-state index contributed by atoms with van der Waals surface area (Å²) in [6.07, 6.45) is 1.12. The van der Waals surface area contributed by atoms with Gasteiger partial charge in [-0.15, -0.1) is 6.04 Å². The topological polar surface area (TPSA) is 23.3 Å². The highest BCUT2D eigenvalue weighted by atomic mass is 16.5. The molecule has 0 aliphatic carbocycles. The summed E-state index contributed by atoms with van der Waals surface area (Å²) >= 11 is 0. The predicted molar refractivity (Wildman–Crippen MR) is 28.5 cm³/mol. The third-order valence-electron chi connectivity index (χ3n) is 1.27. The summed E-state index contributed by atoms with van der Waals surface area (Å²) in [5.74, 6) is 0. The van der Waals surface area contributed by atoms with Crippen molar-refractivity contribution in [3.8, 4) is 0 Å². The summed E-state index contributed by atoms with van der Waals surface area (Å²) in [6, 6.07) is 0.500. The predicted octanol–water partition coefficient (Wildman–Crippen LogP) is 0.779. The van der Waals surface area contributed by atoms with E-state index in [1.54, 1.807) is 0 Å². The second kappa shape index (κ2) is 2.28. The van der Waals surface area contributed by atoms with Gasteiger partial charge in [-0.3, -0.25) is 0 Å². The summed E-state index contributed by atoms with van der Waals surface area (Å²) in [5, 5.41) is 4.06. The molecule has 0 saturated carbocycles. The molecule has 0 amide bonds. The zero-order valence-electron chi connectivity index (χ0n) is 4.55. The Labute approximate surface area is 43.9 Å². The minimum Gasteiger partial charge on any atom is -0.660 e. The second-order valence-electron chi connectivity index (χ2n) is 1.78. The summed E-state index contributed by atoms with van der Waals surface area (Å²) < 4.78 is 5.05. The van der Waals surface area contributed by atoms with Crippen molar-refractivity contribution >= 4 is 0 Å². The third-order valence-corrected chi connectivity index (χ3v) is 1.27. The molecule has 1 atom stereocenters. The van der Waals surface area contributed by atoms with Crippen LogP contribution in [0.15, 0.2) is 0 Å². The van der Waals surface area contributed by atoms with Crippen LogP contribution in [0.3, 0.4) is 0 Å². The van der Waals surface area contributed by atoms with Crippen molar-refractivity contribution in [3.63, 3.8) is 0 Å². The molecule has 42 valence electrons. The van der Waals surface area contributed by atoms with E-state index in [1.807, 2.05) is 7.05 Å². The first-order chi connectivity index (χ1) is 3.43. The number of nitrogens with zero attached hydrogens (tertiary/aromatic N) is 1. The molecule has 2 heteroatoms. The molecule has 1 heterocycles. The number of rotatable bonds is 1. The highest BCUT2D eigenvalue weighted by Crippen LogP contribution is 2.09. The molecule has 0 aromatic rings. The SMILES string of the molecule is C[N-]C1CCOC1. The molecule has 0 N–H and O–H groups in total. The summed E-state index contributed by atoms with van der Waals surface area (Å²) in [5.41, 5.74) is 0. The van der Waals surface area contributed by atoms with E-state index in [4.69, 9.17) is 4.74 Å². The molecule has 0 aromatic heterocycles. The first-order valence-corrected chi connectivity index (χ1v) is 2.60. The van der Waals surface area contributed by atoms with Crippen molar-refractivity contribution < 1.29 is 4.74 Å². The largest absolute Gasteiger partial charge is 0.660 e. The van der Waals surface area contributed by atoms with Gasteiger partial charge in [-0.1, -0.05) is 0 Å². The van der Waals surface area contributed by atoms with Gasteiger partial charge >= 0.3 is 0 Å². The lowest BCUT2D eigenvalue weighted by Gasteiger charge is -2.18. The van der Waals surface area contributed by atoms with Crippen LogP contribution in [0.5, 0.6) is 0 Å². The average molecular weight is 100 g/mol. The quantitative estimate of drug-likeness (QED) is 0.477. The van der Waals surface area contributed by atoms with Crippen LogP contribution in [0.1, 0.15) is 6.42 Å². The first-order valence-electron chi connectivity index (χ1n) is 2.60. The van der Waals surface area contributed by atoms with E-state index >= 15 is 0 Å². The van der Waals surface area contributed by atoms with E-state index in [1.165, 1.54) is 0 Å². The Kier molecular flexibility index (Phi) is 1.65. The molecule has 0 aromatic carbocycles. The van der Waals surface area contributed by atoms with Gasteiger partial charge < -0.3 is 10.1 Å². The smallest absolute Gasteiger partial charge is 0.0452 e. The molecule has 1 rings (SSSR count). The minimum absolute atomic E-state index is 0.500. The molecule has 1 saturated heterocycles. The molecule has 2 nitrogen and oxygen atoms in total. The number of likely N-dealkylation sites (N-methyl/N-ethyl adjacent to an activating group) is 1. The lowest BCUT2D eigenvalue weighted by molar-refractivity contribution is 0.196. The van der Waals surface area contributed by atoms with Crippen molar-refractivity contribution in [2.75, 3.05) is 20.3 Å². The van der Waals surface area contributed by atoms with Gasteiger partial charge in [0.05, 0.1) is 0 Å². The monoisotopic (exact) mass is 100 g/mol. The minimum atomic E-state index is 0.500. The lowest BCUT2D eigenvalue weighted by atomic mass is 10.3.